The SMILES string of the molecule is CCOP(=O)(CCN1CC2(CCOC2)n2cc(Br)c(=O)c(OCc3ccccc3)c2C1=O)OCC. The third kappa shape index (κ3) is 5.42. The predicted octanol–water partition coefficient (Wildman–Crippen LogP) is 4.03. The molecule has 1 fully saturated rings. The van der Waals surface area contributed by atoms with Crippen LogP contribution in [-0.2, 0) is 30.5 Å². The molecule has 190 valence electrons. The van der Waals surface area contributed by atoms with E-state index in [0.717, 1.165) is 5.56 Å². The number of pyridine rings is 1. The fraction of sp³-hybridized carbons (Fsp3) is 0.500. The summed E-state index contributed by atoms with van der Waals surface area (Å²) in [5.74, 6) is -0.378. The number of rotatable bonds is 10. The molecule has 0 bridgehead atoms. The Morgan fingerprint density at radius 1 is 1.14 bits per heavy atom. The zero-order valence-corrected chi connectivity index (χ0v) is 22.4. The zero-order chi connectivity index (χ0) is 25.1. The molecule has 2 aliphatic rings. The van der Waals surface area contributed by atoms with E-state index in [9.17, 15) is 14.2 Å². The molecule has 2 aliphatic heterocycles. The molecular formula is C24H30BrN2O7P. The Balaban J connectivity index is 1.71. The summed E-state index contributed by atoms with van der Waals surface area (Å²) in [6.07, 6.45) is 2.37. The molecule has 9 nitrogen and oxygen atoms in total. The van der Waals surface area contributed by atoms with Crippen LogP contribution < -0.4 is 10.2 Å². The van der Waals surface area contributed by atoms with Crippen LogP contribution in [-0.4, -0.2) is 61.1 Å². The maximum absolute atomic E-state index is 13.7. The summed E-state index contributed by atoms with van der Waals surface area (Å²) in [5.41, 5.74) is 0.0873. The number of fused-ring (bicyclic) bond motifs is 2. The van der Waals surface area contributed by atoms with Crippen molar-refractivity contribution in [3.05, 3.63) is 62.5 Å². The van der Waals surface area contributed by atoms with E-state index in [1.54, 1.807) is 24.9 Å². The van der Waals surface area contributed by atoms with E-state index >= 15 is 0 Å². The standard InChI is InChI=1S/C24H30BrN2O7P/c1-3-33-35(30,34-4-2)13-11-26-16-24(10-12-31-17-24)27-14-19(25)21(28)22(20(27)23(26)29)32-15-18-8-6-5-7-9-18/h5-9,14H,3-4,10-13,15-17H2,1-2H3. The van der Waals surface area contributed by atoms with Crippen LogP contribution in [0.2, 0.25) is 0 Å². The quantitative estimate of drug-likeness (QED) is 0.399. The van der Waals surface area contributed by atoms with Crippen molar-refractivity contribution in [1.82, 2.24) is 9.47 Å². The highest BCUT2D eigenvalue weighted by Gasteiger charge is 2.47. The highest BCUT2D eigenvalue weighted by molar-refractivity contribution is 9.10. The topological polar surface area (TPSA) is 96.3 Å². The number of ether oxygens (including phenoxy) is 2. The summed E-state index contributed by atoms with van der Waals surface area (Å²) in [4.78, 5) is 28.5. The molecule has 0 radical (unpaired) electrons. The van der Waals surface area contributed by atoms with Crippen molar-refractivity contribution in [3.8, 4) is 5.75 Å². The first-order valence-corrected chi connectivity index (χ1v) is 14.2. The summed E-state index contributed by atoms with van der Waals surface area (Å²) in [6.45, 7) is 5.54. The Hall–Kier alpha value is -1.97. The Bertz CT molecular complexity index is 1150. The molecule has 0 N–H and O–H groups in total. The molecule has 1 saturated heterocycles. The molecule has 0 saturated carbocycles. The summed E-state index contributed by atoms with van der Waals surface area (Å²) in [6, 6.07) is 9.44. The minimum Gasteiger partial charge on any atom is -0.483 e. The van der Waals surface area contributed by atoms with Crippen molar-refractivity contribution in [2.24, 2.45) is 0 Å². The van der Waals surface area contributed by atoms with Crippen LogP contribution in [0.5, 0.6) is 5.75 Å². The van der Waals surface area contributed by atoms with Crippen LogP contribution in [0, 0.1) is 0 Å². The Morgan fingerprint density at radius 3 is 2.49 bits per heavy atom. The van der Waals surface area contributed by atoms with Crippen LogP contribution >= 0.6 is 23.5 Å². The number of benzene rings is 1. The van der Waals surface area contributed by atoms with Crippen molar-refractivity contribution in [2.45, 2.75) is 32.4 Å². The van der Waals surface area contributed by atoms with E-state index in [2.05, 4.69) is 15.9 Å². The van der Waals surface area contributed by atoms with Crippen molar-refractivity contribution in [1.29, 1.82) is 0 Å². The molecule has 1 aromatic heterocycles. The lowest BCUT2D eigenvalue weighted by atomic mass is 9.93. The van der Waals surface area contributed by atoms with Crippen molar-refractivity contribution >= 4 is 29.4 Å². The van der Waals surface area contributed by atoms with Gasteiger partial charge >= 0.3 is 7.60 Å². The first-order valence-electron chi connectivity index (χ1n) is 11.7. The van der Waals surface area contributed by atoms with Gasteiger partial charge in [0.1, 0.15) is 6.61 Å². The fourth-order valence-electron chi connectivity index (χ4n) is 4.55. The minimum absolute atomic E-state index is 0.0120. The number of aromatic nitrogens is 1. The van der Waals surface area contributed by atoms with E-state index in [0.29, 0.717) is 30.7 Å². The average Bonchev–Trinajstić information content (AvgIpc) is 3.31. The lowest BCUT2D eigenvalue weighted by molar-refractivity contribution is 0.0505. The zero-order valence-electron chi connectivity index (χ0n) is 19.9. The normalized spacial score (nSPS) is 19.9. The Kier molecular flexibility index (Phi) is 8.18. The molecule has 4 rings (SSSR count). The maximum atomic E-state index is 13.7. The van der Waals surface area contributed by atoms with E-state index < -0.39 is 18.6 Å². The fourth-order valence-corrected chi connectivity index (χ4v) is 6.54. The molecule has 1 spiro atoms. The van der Waals surface area contributed by atoms with Gasteiger partial charge in [0.05, 0.1) is 36.0 Å². The monoisotopic (exact) mass is 568 g/mol. The second kappa shape index (κ2) is 11.0. The average molecular weight is 569 g/mol. The van der Waals surface area contributed by atoms with Gasteiger partial charge in [-0.15, -0.1) is 0 Å². The van der Waals surface area contributed by atoms with Crippen LogP contribution in [0.15, 0.2) is 45.8 Å². The first kappa shape index (κ1) is 26.1. The third-order valence-electron chi connectivity index (χ3n) is 6.21. The van der Waals surface area contributed by atoms with Crippen molar-refractivity contribution < 1.29 is 27.9 Å². The highest BCUT2D eigenvalue weighted by Crippen LogP contribution is 2.48. The summed E-state index contributed by atoms with van der Waals surface area (Å²) < 4.78 is 37.8. The summed E-state index contributed by atoms with van der Waals surface area (Å²) >= 11 is 3.36. The molecule has 11 heteroatoms. The van der Waals surface area contributed by atoms with Gasteiger partial charge < -0.3 is 28.0 Å². The molecule has 0 aliphatic carbocycles. The van der Waals surface area contributed by atoms with Gasteiger partial charge in [0, 0.05) is 25.9 Å². The number of hydrogen-bond donors (Lipinski definition) is 0. The maximum Gasteiger partial charge on any atom is 0.332 e. The predicted molar refractivity (Wildman–Crippen MR) is 134 cm³/mol. The Labute approximate surface area is 213 Å². The second-order valence-corrected chi connectivity index (χ2v) is 11.6. The van der Waals surface area contributed by atoms with Gasteiger partial charge in [0.2, 0.25) is 5.43 Å². The minimum atomic E-state index is -3.35. The third-order valence-corrected chi connectivity index (χ3v) is 8.83. The molecule has 1 atom stereocenters. The number of carbonyl (C=O) groups is 1. The van der Waals surface area contributed by atoms with Gasteiger partial charge in [-0.3, -0.25) is 14.2 Å². The lowest BCUT2D eigenvalue weighted by Crippen LogP contribution is -2.55. The molecule has 2 aromatic rings. The van der Waals surface area contributed by atoms with Crippen molar-refractivity contribution in [2.75, 3.05) is 45.7 Å². The Morgan fingerprint density at radius 2 is 1.86 bits per heavy atom. The lowest BCUT2D eigenvalue weighted by Gasteiger charge is -2.43. The van der Waals surface area contributed by atoms with Gasteiger partial charge in [-0.2, -0.15) is 0 Å². The van der Waals surface area contributed by atoms with E-state index in [1.165, 1.54) is 0 Å². The summed E-state index contributed by atoms with van der Waals surface area (Å²) in [7, 11) is -3.35. The number of carbonyl (C=O) groups excluding carboxylic acids is 1. The van der Waals surface area contributed by atoms with E-state index in [1.807, 2.05) is 34.9 Å². The van der Waals surface area contributed by atoms with Crippen LogP contribution in [0.4, 0.5) is 0 Å². The van der Waals surface area contributed by atoms with Crippen LogP contribution in [0.1, 0.15) is 36.3 Å². The van der Waals surface area contributed by atoms with E-state index in [-0.39, 0.29) is 49.9 Å². The number of halogens is 1. The second-order valence-electron chi connectivity index (χ2n) is 8.55. The van der Waals surface area contributed by atoms with Gasteiger partial charge in [0.25, 0.3) is 5.91 Å². The largest absolute Gasteiger partial charge is 0.483 e. The smallest absolute Gasteiger partial charge is 0.332 e. The van der Waals surface area contributed by atoms with Crippen molar-refractivity contribution in [3.63, 3.8) is 0 Å². The van der Waals surface area contributed by atoms with Gasteiger partial charge in [0.15, 0.2) is 11.4 Å². The van der Waals surface area contributed by atoms with E-state index in [4.69, 9.17) is 18.5 Å². The van der Waals surface area contributed by atoms with Gasteiger partial charge in [-0.05, 0) is 41.8 Å². The summed E-state index contributed by atoms with van der Waals surface area (Å²) in [5, 5.41) is 0. The molecule has 3 heterocycles. The molecule has 1 unspecified atom stereocenters. The number of hydrogen-bond acceptors (Lipinski definition) is 7. The highest BCUT2D eigenvalue weighted by atomic mass is 79.9. The number of nitrogens with zero attached hydrogens (tertiary/aromatic N) is 2. The molecule has 35 heavy (non-hydrogen) atoms. The first-order chi connectivity index (χ1) is 16.8. The molecular weight excluding hydrogens is 539 g/mol. The van der Waals surface area contributed by atoms with Crippen LogP contribution in [0.25, 0.3) is 0 Å². The molecule has 1 amide bonds. The number of amides is 1. The van der Waals surface area contributed by atoms with Gasteiger partial charge in [-0.1, -0.05) is 30.3 Å². The van der Waals surface area contributed by atoms with Crippen LogP contribution in [0.3, 0.4) is 0 Å². The molecule has 1 aromatic carbocycles. The van der Waals surface area contributed by atoms with Gasteiger partial charge in [-0.25, -0.2) is 0 Å².